The van der Waals surface area contributed by atoms with Crippen molar-refractivity contribution in [3.05, 3.63) is 59.3 Å². The summed E-state index contributed by atoms with van der Waals surface area (Å²) in [6.45, 7) is 0. The molecule has 0 saturated carbocycles. The van der Waals surface area contributed by atoms with Gasteiger partial charge in [-0.25, -0.2) is 13.1 Å². The molecular weight excluding hydrogens is 370 g/mol. The van der Waals surface area contributed by atoms with Crippen LogP contribution in [-0.2, 0) is 10.0 Å². The third-order valence-electron chi connectivity index (χ3n) is 2.84. The first-order valence-corrected chi connectivity index (χ1v) is 8.44. The van der Waals surface area contributed by atoms with Crippen molar-refractivity contribution in [2.45, 2.75) is 4.90 Å². The maximum absolute atomic E-state index is 12.3. The van der Waals surface area contributed by atoms with Crippen LogP contribution in [0.25, 0.3) is 5.69 Å². The van der Waals surface area contributed by atoms with Crippen molar-refractivity contribution < 1.29 is 8.42 Å². The molecule has 22 heavy (non-hydrogen) atoms. The second kappa shape index (κ2) is 5.85. The maximum Gasteiger partial charge on any atom is 0.261 e. The number of nitrogens with zero attached hydrogens (tertiary/aromatic N) is 4. The fourth-order valence-corrected chi connectivity index (χ4v) is 3.46. The van der Waals surface area contributed by atoms with Crippen LogP contribution in [-0.4, -0.2) is 28.6 Å². The van der Waals surface area contributed by atoms with Crippen LogP contribution in [0.3, 0.4) is 0 Å². The Labute approximate surface area is 135 Å². The summed E-state index contributed by atoms with van der Waals surface area (Å²) in [5.74, 6) is 0. The van der Waals surface area contributed by atoms with Crippen molar-refractivity contribution in [1.29, 1.82) is 0 Å². The topological polar surface area (TPSA) is 89.8 Å². The zero-order valence-corrected chi connectivity index (χ0v) is 13.5. The van der Waals surface area contributed by atoms with E-state index < -0.39 is 10.0 Å². The molecular formula is C13H10BrN5O2S. The molecule has 0 aliphatic carbocycles. The van der Waals surface area contributed by atoms with E-state index in [4.69, 9.17) is 0 Å². The first-order chi connectivity index (χ1) is 10.5. The van der Waals surface area contributed by atoms with Crippen molar-refractivity contribution in [2.75, 3.05) is 4.72 Å². The van der Waals surface area contributed by atoms with Gasteiger partial charge in [-0.15, -0.1) is 5.10 Å². The Bertz CT molecular complexity index is 879. The van der Waals surface area contributed by atoms with Gasteiger partial charge < -0.3 is 0 Å². The quantitative estimate of drug-likeness (QED) is 0.750. The van der Waals surface area contributed by atoms with Crippen molar-refractivity contribution in [3.8, 4) is 5.69 Å². The smallest absolute Gasteiger partial charge is 0.261 e. The van der Waals surface area contributed by atoms with Gasteiger partial charge in [-0.2, -0.15) is 0 Å². The lowest BCUT2D eigenvalue weighted by Crippen LogP contribution is -2.12. The minimum absolute atomic E-state index is 0.187. The normalized spacial score (nSPS) is 11.3. The Hall–Kier alpha value is -2.26. The first kappa shape index (κ1) is 14.7. The molecule has 2 aromatic carbocycles. The summed E-state index contributed by atoms with van der Waals surface area (Å²) in [7, 11) is -3.63. The van der Waals surface area contributed by atoms with E-state index in [0.29, 0.717) is 10.2 Å². The molecule has 9 heteroatoms. The van der Waals surface area contributed by atoms with Crippen LogP contribution < -0.4 is 4.72 Å². The summed E-state index contributed by atoms with van der Waals surface area (Å²) in [6, 6.07) is 13.2. The molecule has 1 N–H and O–H groups in total. The van der Waals surface area contributed by atoms with E-state index in [1.807, 2.05) is 0 Å². The SMILES string of the molecule is O=S(=O)(Nc1ccc(-n2cnnn2)cc1)c1cccc(Br)c1. The van der Waals surface area contributed by atoms with Crippen LogP contribution in [0, 0.1) is 0 Å². The lowest BCUT2D eigenvalue weighted by molar-refractivity contribution is 0.601. The van der Waals surface area contributed by atoms with Gasteiger partial charge in [0, 0.05) is 10.2 Å². The molecule has 0 saturated heterocycles. The van der Waals surface area contributed by atoms with E-state index in [1.165, 1.54) is 23.1 Å². The Kier molecular flexibility index (Phi) is 3.90. The van der Waals surface area contributed by atoms with Crippen molar-refractivity contribution in [2.24, 2.45) is 0 Å². The summed E-state index contributed by atoms with van der Waals surface area (Å²) >= 11 is 3.26. The summed E-state index contributed by atoms with van der Waals surface area (Å²) in [4.78, 5) is 0.187. The van der Waals surface area contributed by atoms with Crippen LogP contribution in [0.5, 0.6) is 0 Å². The number of hydrogen-bond donors (Lipinski definition) is 1. The standard InChI is InChI=1S/C13H10BrN5O2S/c14-10-2-1-3-13(8-10)22(20,21)16-11-4-6-12(7-5-11)19-9-15-17-18-19/h1-9,16H. The van der Waals surface area contributed by atoms with Crippen molar-refractivity contribution >= 4 is 31.6 Å². The van der Waals surface area contributed by atoms with E-state index >= 15 is 0 Å². The number of anilines is 1. The van der Waals surface area contributed by atoms with E-state index in [-0.39, 0.29) is 4.90 Å². The lowest BCUT2D eigenvalue weighted by Gasteiger charge is -2.09. The Balaban J connectivity index is 1.84. The third-order valence-corrected chi connectivity index (χ3v) is 4.71. The number of tetrazole rings is 1. The Morgan fingerprint density at radius 1 is 1.09 bits per heavy atom. The molecule has 0 fully saturated rings. The van der Waals surface area contributed by atoms with Gasteiger partial charge in [-0.1, -0.05) is 22.0 Å². The molecule has 0 aliphatic heterocycles. The molecule has 112 valence electrons. The molecule has 1 heterocycles. The third kappa shape index (κ3) is 3.15. The van der Waals surface area contributed by atoms with Gasteiger partial charge in [-0.05, 0) is 52.9 Å². The number of sulfonamides is 1. The first-order valence-electron chi connectivity index (χ1n) is 6.16. The summed E-state index contributed by atoms with van der Waals surface area (Å²) in [5.41, 5.74) is 1.19. The fourth-order valence-electron chi connectivity index (χ4n) is 1.81. The summed E-state index contributed by atoms with van der Waals surface area (Å²) in [6.07, 6.45) is 1.46. The van der Waals surface area contributed by atoms with E-state index in [9.17, 15) is 8.42 Å². The van der Waals surface area contributed by atoms with Gasteiger partial charge in [0.05, 0.1) is 10.6 Å². The van der Waals surface area contributed by atoms with Gasteiger partial charge >= 0.3 is 0 Å². The largest absolute Gasteiger partial charge is 0.280 e. The second-order valence-corrected chi connectivity index (χ2v) is 6.96. The minimum atomic E-state index is -3.63. The zero-order chi connectivity index (χ0) is 15.6. The van der Waals surface area contributed by atoms with Gasteiger partial charge in [-0.3, -0.25) is 4.72 Å². The van der Waals surface area contributed by atoms with Crippen LogP contribution in [0.2, 0.25) is 0 Å². The predicted octanol–water partition coefficient (Wildman–Crippen LogP) is 2.23. The number of aromatic nitrogens is 4. The molecule has 0 aliphatic rings. The number of rotatable bonds is 4. The highest BCUT2D eigenvalue weighted by molar-refractivity contribution is 9.10. The van der Waals surface area contributed by atoms with Crippen LogP contribution >= 0.6 is 15.9 Å². The lowest BCUT2D eigenvalue weighted by atomic mass is 10.3. The molecule has 3 aromatic rings. The average Bonchev–Trinajstić information content (AvgIpc) is 3.02. The monoisotopic (exact) mass is 379 g/mol. The highest BCUT2D eigenvalue weighted by Gasteiger charge is 2.14. The average molecular weight is 380 g/mol. The molecule has 3 rings (SSSR count). The van der Waals surface area contributed by atoms with E-state index in [1.54, 1.807) is 36.4 Å². The number of benzene rings is 2. The number of nitrogens with one attached hydrogen (secondary N) is 1. The second-order valence-electron chi connectivity index (χ2n) is 4.36. The highest BCUT2D eigenvalue weighted by atomic mass is 79.9. The van der Waals surface area contributed by atoms with Gasteiger partial charge in [0.1, 0.15) is 6.33 Å². The van der Waals surface area contributed by atoms with Crippen LogP contribution in [0.15, 0.2) is 64.2 Å². The molecule has 0 radical (unpaired) electrons. The van der Waals surface area contributed by atoms with Crippen LogP contribution in [0.4, 0.5) is 5.69 Å². The molecule has 7 nitrogen and oxygen atoms in total. The molecule has 1 aromatic heterocycles. The summed E-state index contributed by atoms with van der Waals surface area (Å²) in [5, 5.41) is 10.8. The van der Waals surface area contributed by atoms with Crippen molar-refractivity contribution in [1.82, 2.24) is 20.2 Å². The Morgan fingerprint density at radius 3 is 2.50 bits per heavy atom. The maximum atomic E-state index is 12.3. The van der Waals surface area contributed by atoms with Crippen molar-refractivity contribution in [3.63, 3.8) is 0 Å². The van der Waals surface area contributed by atoms with E-state index in [0.717, 1.165) is 5.69 Å². The Morgan fingerprint density at radius 2 is 1.86 bits per heavy atom. The highest BCUT2D eigenvalue weighted by Crippen LogP contribution is 2.20. The molecule has 0 unspecified atom stereocenters. The van der Waals surface area contributed by atoms with Gasteiger partial charge in [0.25, 0.3) is 10.0 Å². The number of halogens is 1. The minimum Gasteiger partial charge on any atom is -0.280 e. The fraction of sp³-hybridized carbons (Fsp3) is 0. The van der Waals surface area contributed by atoms with Crippen LogP contribution in [0.1, 0.15) is 0 Å². The molecule has 0 amide bonds. The molecule has 0 bridgehead atoms. The zero-order valence-electron chi connectivity index (χ0n) is 11.1. The molecule has 0 spiro atoms. The van der Waals surface area contributed by atoms with E-state index in [2.05, 4.69) is 36.2 Å². The number of hydrogen-bond acceptors (Lipinski definition) is 5. The van der Waals surface area contributed by atoms with Gasteiger partial charge in [0.15, 0.2) is 0 Å². The van der Waals surface area contributed by atoms with Gasteiger partial charge in [0.2, 0.25) is 0 Å². The molecule has 0 atom stereocenters. The predicted molar refractivity (Wildman–Crippen MR) is 84.1 cm³/mol. The summed E-state index contributed by atoms with van der Waals surface area (Å²) < 4.78 is 29.3.